The summed E-state index contributed by atoms with van der Waals surface area (Å²) >= 11 is 0. The number of carbonyl (C=O) groups excluding carboxylic acids is 2. The van der Waals surface area contributed by atoms with E-state index >= 15 is 0 Å². The summed E-state index contributed by atoms with van der Waals surface area (Å²) in [5.74, 6) is -0.454. The molecule has 8 heteroatoms. The van der Waals surface area contributed by atoms with Crippen LogP contribution in [-0.4, -0.2) is 27.0 Å². The van der Waals surface area contributed by atoms with Gasteiger partial charge in [0.1, 0.15) is 11.4 Å². The number of nitrogens with one attached hydrogen (secondary N) is 3. The lowest BCUT2D eigenvalue weighted by Crippen LogP contribution is -2.41. The maximum absolute atomic E-state index is 12.9. The van der Waals surface area contributed by atoms with Crippen LogP contribution in [0.15, 0.2) is 89.5 Å². The number of H-pyrrole nitrogens is 1. The van der Waals surface area contributed by atoms with Crippen LogP contribution in [0.5, 0.6) is 0 Å². The van der Waals surface area contributed by atoms with E-state index < -0.39 is 11.8 Å². The number of amides is 2. The molecule has 0 aliphatic carbocycles. The Balaban J connectivity index is 1.36. The summed E-state index contributed by atoms with van der Waals surface area (Å²) in [5, 5.41) is 7.50. The molecule has 0 fully saturated rings. The molecule has 0 aliphatic heterocycles. The monoisotopic (exact) mass is 423 g/mol. The highest BCUT2D eigenvalue weighted by Gasteiger charge is 2.17. The Morgan fingerprint density at radius 1 is 0.812 bits per heavy atom. The van der Waals surface area contributed by atoms with Gasteiger partial charge < -0.3 is 4.42 Å². The molecule has 32 heavy (non-hydrogen) atoms. The van der Waals surface area contributed by atoms with Crippen LogP contribution < -0.4 is 10.9 Å². The third kappa shape index (κ3) is 3.72. The quantitative estimate of drug-likeness (QED) is 0.379. The fourth-order valence-corrected chi connectivity index (χ4v) is 3.36. The number of benzene rings is 2. The van der Waals surface area contributed by atoms with Gasteiger partial charge in [-0.25, -0.2) is 4.98 Å². The number of para-hydroxylation sites is 1. The topological polar surface area (TPSA) is 113 Å². The number of nitrogens with zero attached hydrogens (tertiary/aromatic N) is 2. The Morgan fingerprint density at radius 2 is 1.59 bits per heavy atom. The zero-order valence-electron chi connectivity index (χ0n) is 16.7. The predicted octanol–water partition coefficient (Wildman–Crippen LogP) is 3.96. The van der Waals surface area contributed by atoms with Crippen molar-refractivity contribution in [1.82, 2.24) is 26.0 Å². The summed E-state index contributed by atoms with van der Waals surface area (Å²) in [6.45, 7) is 0. The molecular weight excluding hydrogens is 406 g/mol. The van der Waals surface area contributed by atoms with E-state index in [1.807, 2.05) is 48.5 Å². The lowest BCUT2D eigenvalue weighted by atomic mass is 10.1. The number of aromatic nitrogens is 3. The molecule has 5 rings (SSSR count). The molecule has 0 spiro atoms. The molecule has 0 atom stereocenters. The number of hydrazine groups is 1. The van der Waals surface area contributed by atoms with Crippen LogP contribution in [-0.2, 0) is 0 Å². The van der Waals surface area contributed by atoms with E-state index in [-0.39, 0.29) is 5.69 Å². The minimum absolute atomic E-state index is 0.222. The van der Waals surface area contributed by atoms with Crippen molar-refractivity contribution in [2.75, 3.05) is 0 Å². The third-order valence-electron chi connectivity index (χ3n) is 4.92. The highest BCUT2D eigenvalue weighted by molar-refractivity contribution is 6.08. The molecule has 5 aromatic rings. The predicted molar refractivity (Wildman–Crippen MR) is 118 cm³/mol. The van der Waals surface area contributed by atoms with Crippen LogP contribution in [0.1, 0.15) is 20.8 Å². The average molecular weight is 423 g/mol. The molecule has 8 nitrogen and oxygen atoms in total. The Labute approximate surface area is 182 Å². The van der Waals surface area contributed by atoms with Crippen LogP contribution >= 0.6 is 0 Å². The van der Waals surface area contributed by atoms with E-state index in [9.17, 15) is 9.59 Å². The first-order chi connectivity index (χ1) is 15.7. The summed E-state index contributed by atoms with van der Waals surface area (Å²) in [5.41, 5.74) is 8.14. The molecule has 3 aromatic heterocycles. The smallest absolute Gasteiger partial charge is 0.287 e. The maximum Gasteiger partial charge on any atom is 0.287 e. The first-order valence-electron chi connectivity index (χ1n) is 9.84. The van der Waals surface area contributed by atoms with Gasteiger partial charge in [-0.1, -0.05) is 48.5 Å². The maximum atomic E-state index is 12.9. The van der Waals surface area contributed by atoms with Gasteiger partial charge in [-0.15, -0.1) is 0 Å². The lowest BCUT2D eigenvalue weighted by molar-refractivity contribution is 0.0845. The number of aromatic amines is 1. The Bertz CT molecular complexity index is 1410. The van der Waals surface area contributed by atoms with Gasteiger partial charge in [0, 0.05) is 10.9 Å². The molecule has 0 bridgehead atoms. The first kappa shape index (κ1) is 19.3. The number of furan rings is 1. The molecule has 0 saturated carbocycles. The summed E-state index contributed by atoms with van der Waals surface area (Å²) in [4.78, 5) is 30.0. The fraction of sp³-hybridized carbons (Fsp3) is 0. The van der Waals surface area contributed by atoms with E-state index in [4.69, 9.17) is 4.42 Å². The number of hydrogen-bond acceptors (Lipinski definition) is 5. The van der Waals surface area contributed by atoms with Crippen molar-refractivity contribution < 1.29 is 14.0 Å². The molecule has 0 unspecified atom stereocenters. The van der Waals surface area contributed by atoms with Gasteiger partial charge in [-0.2, -0.15) is 5.10 Å². The van der Waals surface area contributed by atoms with E-state index in [1.54, 1.807) is 36.6 Å². The number of rotatable bonds is 4. The standard InChI is InChI=1S/C24H17N5O3/c30-23(28-29-24(31)21-14-19(26-27-21)15-7-2-1-3-8-15)17-13-20(22-11-6-12-32-22)25-18-10-5-4-9-16(17)18/h1-14H,(H,26,27)(H,28,30)(H,29,31). The third-order valence-corrected chi connectivity index (χ3v) is 4.92. The fourth-order valence-electron chi connectivity index (χ4n) is 3.36. The minimum Gasteiger partial charge on any atom is -0.463 e. The molecule has 2 amide bonds. The van der Waals surface area contributed by atoms with E-state index in [1.165, 1.54) is 0 Å². The van der Waals surface area contributed by atoms with Crippen molar-refractivity contribution >= 4 is 22.7 Å². The molecule has 3 N–H and O–H groups in total. The summed E-state index contributed by atoms with van der Waals surface area (Å²) in [6.07, 6.45) is 1.54. The number of carbonyl (C=O) groups is 2. The summed E-state index contributed by atoms with van der Waals surface area (Å²) in [6, 6.07) is 23.5. The van der Waals surface area contributed by atoms with Crippen LogP contribution in [0.2, 0.25) is 0 Å². The molecule has 0 aliphatic rings. The molecule has 3 heterocycles. The van der Waals surface area contributed by atoms with Crippen molar-refractivity contribution in [2.24, 2.45) is 0 Å². The minimum atomic E-state index is -0.516. The van der Waals surface area contributed by atoms with Crippen LogP contribution in [0.4, 0.5) is 0 Å². The zero-order chi connectivity index (χ0) is 21.9. The second-order valence-electron chi connectivity index (χ2n) is 6.99. The van der Waals surface area contributed by atoms with Crippen LogP contribution in [0.3, 0.4) is 0 Å². The summed E-state index contributed by atoms with van der Waals surface area (Å²) in [7, 11) is 0. The van der Waals surface area contributed by atoms with Gasteiger partial charge in [0.15, 0.2) is 5.76 Å². The Kier molecular flexibility index (Phi) is 4.93. The molecular formula is C24H17N5O3. The van der Waals surface area contributed by atoms with Crippen molar-refractivity contribution in [1.29, 1.82) is 0 Å². The number of pyridine rings is 1. The largest absolute Gasteiger partial charge is 0.463 e. The van der Waals surface area contributed by atoms with E-state index in [0.717, 1.165) is 5.56 Å². The van der Waals surface area contributed by atoms with Gasteiger partial charge >= 0.3 is 0 Å². The second-order valence-corrected chi connectivity index (χ2v) is 6.99. The van der Waals surface area contributed by atoms with Gasteiger partial charge in [0.2, 0.25) is 0 Å². The highest BCUT2D eigenvalue weighted by Crippen LogP contribution is 2.25. The van der Waals surface area contributed by atoms with Gasteiger partial charge in [-0.3, -0.25) is 25.5 Å². The highest BCUT2D eigenvalue weighted by atomic mass is 16.3. The van der Waals surface area contributed by atoms with E-state index in [0.29, 0.717) is 33.6 Å². The Morgan fingerprint density at radius 3 is 2.41 bits per heavy atom. The van der Waals surface area contributed by atoms with Crippen LogP contribution in [0, 0.1) is 0 Å². The number of hydrogen-bond donors (Lipinski definition) is 3. The second kappa shape index (κ2) is 8.19. The van der Waals surface area contributed by atoms with Gasteiger partial charge in [0.25, 0.3) is 11.8 Å². The lowest BCUT2D eigenvalue weighted by Gasteiger charge is -2.10. The van der Waals surface area contributed by atoms with Gasteiger partial charge in [-0.05, 0) is 30.3 Å². The summed E-state index contributed by atoms with van der Waals surface area (Å²) < 4.78 is 5.42. The van der Waals surface area contributed by atoms with Crippen molar-refractivity contribution in [2.45, 2.75) is 0 Å². The normalized spacial score (nSPS) is 10.8. The first-order valence-corrected chi connectivity index (χ1v) is 9.84. The van der Waals surface area contributed by atoms with Crippen molar-refractivity contribution in [3.63, 3.8) is 0 Å². The molecule has 156 valence electrons. The van der Waals surface area contributed by atoms with Crippen molar-refractivity contribution in [3.8, 4) is 22.7 Å². The van der Waals surface area contributed by atoms with Gasteiger partial charge in [0.05, 0.1) is 23.0 Å². The number of fused-ring (bicyclic) bond motifs is 1. The average Bonchev–Trinajstić information content (AvgIpc) is 3.55. The molecule has 0 radical (unpaired) electrons. The SMILES string of the molecule is O=C(NNC(=O)c1cc(-c2ccco2)nc2ccccc12)c1cc(-c2ccccc2)n[nH]1. The van der Waals surface area contributed by atoms with Crippen molar-refractivity contribution in [3.05, 3.63) is 96.4 Å². The molecule has 2 aromatic carbocycles. The van der Waals surface area contributed by atoms with E-state index in [2.05, 4.69) is 26.0 Å². The van der Waals surface area contributed by atoms with Crippen LogP contribution in [0.25, 0.3) is 33.6 Å². The Hall–Kier alpha value is -4.72. The molecule has 0 saturated heterocycles. The zero-order valence-corrected chi connectivity index (χ0v) is 16.7.